The lowest BCUT2D eigenvalue weighted by molar-refractivity contribution is -0.137. The lowest BCUT2D eigenvalue weighted by Gasteiger charge is -2.31. The van der Waals surface area contributed by atoms with Crippen molar-refractivity contribution in [1.29, 1.82) is 0 Å². The first-order valence-electron chi connectivity index (χ1n) is 6.84. The molecule has 0 radical (unpaired) electrons. The number of nitrogens with one attached hydrogen (secondary N) is 1. The smallest absolute Gasteiger partial charge is 0.330 e. The summed E-state index contributed by atoms with van der Waals surface area (Å²) in [5.41, 5.74) is 0. The van der Waals surface area contributed by atoms with Crippen molar-refractivity contribution in [2.45, 2.75) is 52.0 Å². The van der Waals surface area contributed by atoms with Gasteiger partial charge in [-0.25, -0.2) is 4.79 Å². The highest BCUT2D eigenvalue weighted by molar-refractivity contribution is 5.81. The van der Waals surface area contributed by atoms with Gasteiger partial charge in [-0.05, 0) is 25.7 Å². The molecule has 2 atom stereocenters. The minimum absolute atomic E-state index is 0.245. The summed E-state index contributed by atoms with van der Waals surface area (Å²) in [5.74, 6) is 0.560. The first kappa shape index (κ1) is 14.2. The third-order valence-corrected chi connectivity index (χ3v) is 3.47. The molecule has 1 aliphatic rings. The molecule has 0 aromatic heterocycles. The molecule has 0 aliphatic heterocycles. The van der Waals surface area contributed by atoms with Gasteiger partial charge >= 0.3 is 5.97 Å². The van der Waals surface area contributed by atoms with Crippen LogP contribution in [0.4, 0.5) is 0 Å². The number of rotatable bonds is 6. The highest BCUT2D eigenvalue weighted by atomic mass is 16.5. The molecule has 1 fully saturated rings. The van der Waals surface area contributed by atoms with Crippen LogP contribution in [-0.2, 0) is 9.53 Å². The highest BCUT2D eigenvalue weighted by Gasteiger charge is 2.22. The van der Waals surface area contributed by atoms with Gasteiger partial charge in [-0.15, -0.1) is 0 Å². The Morgan fingerprint density at radius 1 is 1.35 bits per heavy atom. The van der Waals surface area contributed by atoms with Gasteiger partial charge in [0.05, 0.1) is 6.61 Å². The van der Waals surface area contributed by atoms with Crippen molar-refractivity contribution >= 4 is 5.97 Å². The Morgan fingerprint density at radius 3 is 2.82 bits per heavy atom. The van der Waals surface area contributed by atoms with Crippen LogP contribution in [0.2, 0.25) is 0 Å². The summed E-state index contributed by atoms with van der Waals surface area (Å²) in [4.78, 5) is 11.1. The number of ether oxygens (including phenoxy) is 1. The van der Waals surface area contributed by atoms with Gasteiger partial charge in [0.2, 0.25) is 0 Å². The Hall–Kier alpha value is -0.830. The summed E-state index contributed by atoms with van der Waals surface area (Å²) >= 11 is 0. The maximum atomic E-state index is 11.1. The SMILES string of the molecule is CCOC(=O)/C=C/CNC1CCCCC1CC. The van der Waals surface area contributed by atoms with E-state index in [0.717, 1.165) is 12.5 Å². The lowest BCUT2D eigenvalue weighted by Crippen LogP contribution is -2.38. The zero-order chi connectivity index (χ0) is 12.5. The van der Waals surface area contributed by atoms with Gasteiger partial charge in [-0.1, -0.05) is 32.3 Å². The summed E-state index contributed by atoms with van der Waals surface area (Å²) in [7, 11) is 0. The topological polar surface area (TPSA) is 38.3 Å². The van der Waals surface area contributed by atoms with Gasteiger partial charge in [-0.2, -0.15) is 0 Å². The first-order chi connectivity index (χ1) is 8.27. The van der Waals surface area contributed by atoms with E-state index in [4.69, 9.17) is 4.74 Å². The third-order valence-electron chi connectivity index (χ3n) is 3.47. The molecule has 0 spiro atoms. The molecule has 0 heterocycles. The van der Waals surface area contributed by atoms with Gasteiger partial charge in [0.15, 0.2) is 0 Å². The van der Waals surface area contributed by atoms with Crippen LogP contribution in [0.1, 0.15) is 46.0 Å². The summed E-state index contributed by atoms with van der Waals surface area (Å²) in [6, 6.07) is 0.626. The largest absolute Gasteiger partial charge is 0.463 e. The molecular formula is C14H25NO2. The van der Waals surface area contributed by atoms with Crippen LogP contribution in [0.25, 0.3) is 0 Å². The molecule has 3 nitrogen and oxygen atoms in total. The van der Waals surface area contributed by atoms with Crippen molar-refractivity contribution in [3.05, 3.63) is 12.2 Å². The molecule has 1 saturated carbocycles. The lowest BCUT2D eigenvalue weighted by atomic mass is 9.83. The highest BCUT2D eigenvalue weighted by Crippen LogP contribution is 2.26. The summed E-state index contributed by atoms with van der Waals surface area (Å²) in [6.45, 7) is 5.29. The van der Waals surface area contributed by atoms with E-state index < -0.39 is 0 Å². The average molecular weight is 239 g/mol. The van der Waals surface area contributed by atoms with Crippen LogP contribution in [0.3, 0.4) is 0 Å². The van der Waals surface area contributed by atoms with Crippen LogP contribution in [0.15, 0.2) is 12.2 Å². The van der Waals surface area contributed by atoms with E-state index in [1.807, 2.05) is 13.0 Å². The Labute approximate surface area is 105 Å². The first-order valence-corrected chi connectivity index (χ1v) is 6.84. The Kier molecular flexibility index (Phi) is 6.94. The van der Waals surface area contributed by atoms with Crippen LogP contribution in [0.5, 0.6) is 0 Å². The normalized spacial score (nSPS) is 25.1. The molecule has 0 amide bonds. The number of carbonyl (C=O) groups excluding carboxylic acids is 1. The predicted molar refractivity (Wildman–Crippen MR) is 69.8 cm³/mol. The van der Waals surface area contributed by atoms with Gasteiger partial charge in [0.25, 0.3) is 0 Å². The van der Waals surface area contributed by atoms with E-state index in [-0.39, 0.29) is 5.97 Å². The molecule has 2 unspecified atom stereocenters. The minimum Gasteiger partial charge on any atom is -0.463 e. The zero-order valence-electron chi connectivity index (χ0n) is 11.1. The fourth-order valence-corrected chi connectivity index (χ4v) is 2.53. The van der Waals surface area contributed by atoms with Gasteiger partial charge in [0.1, 0.15) is 0 Å². The quantitative estimate of drug-likeness (QED) is 0.572. The molecule has 0 saturated heterocycles. The third kappa shape index (κ3) is 5.35. The van der Waals surface area contributed by atoms with E-state index >= 15 is 0 Å². The number of hydrogen-bond donors (Lipinski definition) is 1. The van der Waals surface area contributed by atoms with Crippen LogP contribution in [-0.4, -0.2) is 25.2 Å². The average Bonchev–Trinajstić information content (AvgIpc) is 2.35. The maximum Gasteiger partial charge on any atom is 0.330 e. The van der Waals surface area contributed by atoms with Gasteiger partial charge < -0.3 is 10.1 Å². The molecule has 1 N–H and O–H groups in total. The minimum atomic E-state index is -0.245. The Bertz CT molecular complexity index is 251. The molecule has 0 aromatic rings. The monoisotopic (exact) mass is 239 g/mol. The molecule has 98 valence electrons. The Morgan fingerprint density at radius 2 is 2.12 bits per heavy atom. The fraction of sp³-hybridized carbons (Fsp3) is 0.786. The van der Waals surface area contributed by atoms with E-state index in [0.29, 0.717) is 12.6 Å². The second-order valence-corrected chi connectivity index (χ2v) is 4.62. The summed E-state index contributed by atoms with van der Waals surface area (Å²) in [6.07, 6.45) is 9.94. The number of esters is 1. The van der Waals surface area contributed by atoms with Crippen molar-refractivity contribution in [2.75, 3.05) is 13.2 Å². The number of carbonyl (C=O) groups is 1. The van der Waals surface area contributed by atoms with Crippen molar-refractivity contribution < 1.29 is 9.53 Å². The molecule has 17 heavy (non-hydrogen) atoms. The molecule has 1 aliphatic carbocycles. The molecule has 0 aromatic carbocycles. The standard InChI is InChI=1S/C14H25NO2/c1-3-12-8-5-6-9-13(12)15-11-7-10-14(16)17-4-2/h7,10,12-13,15H,3-6,8-9,11H2,1-2H3/b10-7+. The fourth-order valence-electron chi connectivity index (χ4n) is 2.53. The molecule has 3 heteroatoms. The van der Waals surface area contributed by atoms with Crippen LogP contribution >= 0.6 is 0 Å². The van der Waals surface area contributed by atoms with E-state index in [1.165, 1.54) is 38.2 Å². The molecule has 1 rings (SSSR count). The van der Waals surface area contributed by atoms with Crippen molar-refractivity contribution in [2.24, 2.45) is 5.92 Å². The van der Waals surface area contributed by atoms with Crippen LogP contribution < -0.4 is 5.32 Å². The second-order valence-electron chi connectivity index (χ2n) is 4.62. The van der Waals surface area contributed by atoms with Crippen molar-refractivity contribution in [3.8, 4) is 0 Å². The van der Waals surface area contributed by atoms with Crippen molar-refractivity contribution in [3.63, 3.8) is 0 Å². The zero-order valence-corrected chi connectivity index (χ0v) is 11.1. The van der Waals surface area contributed by atoms with E-state index in [2.05, 4.69) is 12.2 Å². The van der Waals surface area contributed by atoms with Gasteiger partial charge in [0, 0.05) is 18.7 Å². The predicted octanol–water partition coefficient (Wildman–Crippen LogP) is 2.66. The van der Waals surface area contributed by atoms with E-state index in [9.17, 15) is 4.79 Å². The van der Waals surface area contributed by atoms with E-state index in [1.54, 1.807) is 0 Å². The molecule has 0 bridgehead atoms. The molecular weight excluding hydrogens is 214 g/mol. The van der Waals surface area contributed by atoms with Crippen LogP contribution in [0, 0.1) is 5.92 Å². The summed E-state index contributed by atoms with van der Waals surface area (Å²) in [5, 5.41) is 3.53. The van der Waals surface area contributed by atoms with Gasteiger partial charge in [-0.3, -0.25) is 0 Å². The maximum absolute atomic E-state index is 11.1. The van der Waals surface area contributed by atoms with Crippen molar-refractivity contribution in [1.82, 2.24) is 5.32 Å². The Balaban J connectivity index is 2.22. The second kappa shape index (κ2) is 8.29. The number of hydrogen-bond acceptors (Lipinski definition) is 3. The summed E-state index contributed by atoms with van der Waals surface area (Å²) < 4.78 is 4.82.